The van der Waals surface area contributed by atoms with Crippen molar-refractivity contribution in [3.05, 3.63) is 0 Å². The zero-order valence-corrected chi connectivity index (χ0v) is 10.6. The zero-order valence-electron chi connectivity index (χ0n) is 10.6. The van der Waals surface area contributed by atoms with Crippen LogP contribution in [0.1, 0.15) is 19.8 Å². The van der Waals surface area contributed by atoms with Gasteiger partial charge in [-0.05, 0) is 19.9 Å². The second kappa shape index (κ2) is 9.57. The highest BCUT2D eigenvalue weighted by Crippen LogP contribution is 2.04. The van der Waals surface area contributed by atoms with E-state index in [2.05, 4.69) is 0 Å². The molecule has 0 aliphatic carbocycles. The van der Waals surface area contributed by atoms with Crippen LogP contribution >= 0.6 is 0 Å². The van der Waals surface area contributed by atoms with Gasteiger partial charge in [-0.15, -0.1) is 0 Å². The lowest BCUT2D eigenvalue weighted by molar-refractivity contribution is -0.135. The lowest BCUT2D eigenvalue weighted by Gasteiger charge is -2.28. The Morgan fingerprint density at radius 2 is 2.06 bits per heavy atom. The van der Waals surface area contributed by atoms with Crippen molar-refractivity contribution in [3.8, 4) is 0 Å². The number of hydrogen-bond donors (Lipinski definition) is 1. The van der Waals surface area contributed by atoms with Gasteiger partial charge in [-0.3, -0.25) is 4.79 Å². The van der Waals surface area contributed by atoms with Crippen LogP contribution in [0.25, 0.3) is 0 Å². The number of methoxy groups -OCH3 is 2. The van der Waals surface area contributed by atoms with Crippen LogP contribution in [0, 0.1) is 0 Å². The Hall–Kier alpha value is -0.650. The molecule has 16 heavy (non-hydrogen) atoms. The van der Waals surface area contributed by atoms with Crippen molar-refractivity contribution >= 4 is 5.91 Å². The van der Waals surface area contributed by atoms with Gasteiger partial charge < -0.3 is 20.1 Å². The fourth-order valence-corrected chi connectivity index (χ4v) is 1.51. The summed E-state index contributed by atoms with van der Waals surface area (Å²) in [5.41, 5.74) is 5.39. The highest BCUT2D eigenvalue weighted by molar-refractivity contribution is 5.76. The van der Waals surface area contributed by atoms with E-state index in [1.165, 1.54) is 0 Å². The largest absolute Gasteiger partial charge is 0.383 e. The predicted octanol–water partition coefficient (Wildman–Crippen LogP) is 0.235. The van der Waals surface area contributed by atoms with Crippen molar-refractivity contribution in [2.45, 2.75) is 25.8 Å². The molecular weight excluding hydrogens is 208 g/mol. The van der Waals surface area contributed by atoms with Gasteiger partial charge in [0.2, 0.25) is 5.91 Å². The molecule has 0 aliphatic rings. The Bertz CT molecular complexity index is 188. The molecule has 0 saturated heterocycles. The number of ether oxygens (including phenoxy) is 2. The summed E-state index contributed by atoms with van der Waals surface area (Å²) in [6.07, 6.45) is 1.22. The number of nitrogens with zero attached hydrogens (tertiary/aromatic N) is 1. The summed E-state index contributed by atoms with van der Waals surface area (Å²) in [5, 5.41) is 0. The van der Waals surface area contributed by atoms with Crippen molar-refractivity contribution in [1.29, 1.82) is 0 Å². The maximum atomic E-state index is 11.9. The predicted molar refractivity (Wildman–Crippen MR) is 63.2 cm³/mol. The van der Waals surface area contributed by atoms with Gasteiger partial charge in [0.05, 0.1) is 19.3 Å². The van der Waals surface area contributed by atoms with Crippen LogP contribution in [0.4, 0.5) is 0 Å². The molecule has 0 bridgehead atoms. The van der Waals surface area contributed by atoms with E-state index in [0.29, 0.717) is 32.7 Å². The molecule has 0 saturated carbocycles. The number of amides is 1. The van der Waals surface area contributed by atoms with Gasteiger partial charge in [0, 0.05) is 27.2 Å². The van der Waals surface area contributed by atoms with Crippen LogP contribution in [-0.2, 0) is 14.3 Å². The van der Waals surface area contributed by atoms with Crippen LogP contribution < -0.4 is 5.73 Å². The standard InChI is InChI=1S/C11H24N2O3/c1-10(9-16-3)13(7-8-15-2)11(14)5-4-6-12/h10H,4-9,12H2,1-3H3. The summed E-state index contributed by atoms with van der Waals surface area (Å²) in [7, 11) is 3.26. The average molecular weight is 232 g/mol. The number of carbonyl (C=O) groups excluding carboxylic acids is 1. The van der Waals surface area contributed by atoms with E-state index in [0.717, 1.165) is 6.42 Å². The molecule has 0 fully saturated rings. The van der Waals surface area contributed by atoms with Gasteiger partial charge in [0.15, 0.2) is 0 Å². The smallest absolute Gasteiger partial charge is 0.223 e. The van der Waals surface area contributed by atoms with Gasteiger partial charge in [-0.2, -0.15) is 0 Å². The third-order valence-electron chi connectivity index (χ3n) is 2.39. The van der Waals surface area contributed by atoms with Crippen LogP contribution in [-0.4, -0.2) is 57.4 Å². The summed E-state index contributed by atoms with van der Waals surface area (Å²) in [5.74, 6) is 0.118. The highest BCUT2D eigenvalue weighted by Gasteiger charge is 2.18. The highest BCUT2D eigenvalue weighted by atomic mass is 16.5. The lowest BCUT2D eigenvalue weighted by Crippen LogP contribution is -2.43. The molecule has 96 valence electrons. The topological polar surface area (TPSA) is 64.8 Å². The number of carbonyl (C=O) groups is 1. The number of rotatable bonds is 9. The third kappa shape index (κ3) is 6.05. The summed E-state index contributed by atoms with van der Waals surface area (Å²) in [6, 6.07) is 0.0745. The van der Waals surface area contributed by atoms with Gasteiger partial charge >= 0.3 is 0 Å². The van der Waals surface area contributed by atoms with Crippen LogP contribution in [0.3, 0.4) is 0 Å². The second-order valence-corrected chi connectivity index (χ2v) is 3.78. The van der Waals surface area contributed by atoms with Gasteiger partial charge in [0.25, 0.3) is 0 Å². The van der Waals surface area contributed by atoms with Gasteiger partial charge in [-0.1, -0.05) is 0 Å². The van der Waals surface area contributed by atoms with Crippen molar-refractivity contribution in [2.24, 2.45) is 5.73 Å². The minimum absolute atomic E-state index is 0.0745. The second-order valence-electron chi connectivity index (χ2n) is 3.78. The summed E-state index contributed by atoms with van der Waals surface area (Å²) >= 11 is 0. The summed E-state index contributed by atoms with van der Waals surface area (Å²) in [6.45, 7) is 4.20. The molecule has 0 aliphatic heterocycles. The minimum Gasteiger partial charge on any atom is -0.383 e. The molecule has 0 aromatic heterocycles. The van der Waals surface area contributed by atoms with E-state index in [4.69, 9.17) is 15.2 Å². The van der Waals surface area contributed by atoms with E-state index in [1.807, 2.05) is 6.92 Å². The first kappa shape index (κ1) is 15.3. The normalized spacial score (nSPS) is 12.5. The SMILES string of the molecule is COCCN(C(=O)CCCN)C(C)COC. The number of hydrogen-bond acceptors (Lipinski definition) is 4. The maximum absolute atomic E-state index is 11.9. The number of nitrogens with two attached hydrogens (primary N) is 1. The molecule has 0 aromatic rings. The molecule has 2 N–H and O–H groups in total. The fourth-order valence-electron chi connectivity index (χ4n) is 1.51. The quantitative estimate of drug-likeness (QED) is 0.618. The Morgan fingerprint density at radius 3 is 2.56 bits per heavy atom. The molecule has 5 heteroatoms. The molecule has 0 radical (unpaired) electrons. The van der Waals surface area contributed by atoms with Crippen LogP contribution in [0.5, 0.6) is 0 Å². The maximum Gasteiger partial charge on any atom is 0.223 e. The Balaban J connectivity index is 4.21. The molecule has 1 amide bonds. The minimum atomic E-state index is 0.0745. The van der Waals surface area contributed by atoms with E-state index in [9.17, 15) is 4.79 Å². The van der Waals surface area contributed by atoms with Gasteiger partial charge in [-0.25, -0.2) is 0 Å². The molecule has 5 nitrogen and oxygen atoms in total. The summed E-state index contributed by atoms with van der Waals surface area (Å²) < 4.78 is 10.1. The van der Waals surface area contributed by atoms with Crippen molar-refractivity contribution in [1.82, 2.24) is 4.90 Å². The van der Waals surface area contributed by atoms with Crippen LogP contribution in [0.15, 0.2) is 0 Å². The van der Waals surface area contributed by atoms with Gasteiger partial charge in [0.1, 0.15) is 0 Å². The molecule has 1 atom stereocenters. The average Bonchev–Trinajstić information content (AvgIpc) is 2.27. The Morgan fingerprint density at radius 1 is 1.38 bits per heavy atom. The first-order chi connectivity index (χ1) is 7.67. The molecule has 0 spiro atoms. The Labute approximate surface area is 97.9 Å². The van der Waals surface area contributed by atoms with Crippen molar-refractivity contribution in [3.63, 3.8) is 0 Å². The molecule has 1 unspecified atom stereocenters. The van der Waals surface area contributed by atoms with Crippen molar-refractivity contribution < 1.29 is 14.3 Å². The monoisotopic (exact) mass is 232 g/mol. The fraction of sp³-hybridized carbons (Fsp3) is 0.909. The lowest BCUT2D eigenvalue weighted by atomic mass is 10.2. The van der Waals surface area contributed by atoms with E-state index in [-0.39, 0.29) is 11.9 Å². The Kier molecular flexibility index (Phi) is 9.18. The van der Waals surface area contributed by atoms with Crippen LogP contribution in [0.2, 0.25) is 0 Å². The molecule has 0 heterocycles. The first-order valence-electron chi connectivity index (χ1n) is 5.64. The van der Waals surface area contributed by atoms with E-state index >= 15 is 0 Å². The molecule has 0 aromatic carbocycles. The van der Waals surface area contributed by atoms with E-state index in [1.54, 1.807) is 19.1 Å². The molecule has 0 rings (SSSR count). The molecular formula is C11H24N2O3. The first-order valence-corrected chi connectivity index (χ1v) is 5.64. The third-order valence-corrected chi connectivity index (χ3v) is 2.39. The summed E-state index contributed by atoms with van der Waals surface area (Å²) in [4.78, 5) is 13.7. The van der Waals surface area contributed by atoms with Crippen molar-refractivity contribution in [2.75, 3.05) is 40.5 Å². The zero-order chi connectivity index (χ0) is 12.4. The van der Waals surface area contributed by atoms with E-state index < -0.39 is 0 Å².